The second-order valence-electron chi connectivity index (χ2n) is 8.39. The fourth-order valence-corrected chi connectivity index (χ4v) is 8.15. The Labute approximate surface area is 207 Å². The van der Waals surface area contributed by atoms with Crippen LogP contribution in [0.25, 0.3) is 10.2 Å². The van der Waals surface area contributed by atoms with Crippen molar-refractivity contribution in [2.24, 2.45) is 0 Å². The molecular formula is C22H27ClN4O3S3. The molecule has 1 aliphatic heterocycles. The Kier molecular flexibility index (Phi) is 7.42. The molecule has 3 heterocycles. The Morgan fingerprint density at radius 3 is 2.73 bits per heavy atom. The van der Waals surface area contributed by atoms with Gasteiger partial charge in [-0.2, -0.15) is 4.31 Å². The zero-order valence-electron chi connectivity index (χ0n) is 18.8. The molecule has 0 aliphatic carbocycles. The van der Waals surface area contributed by atoms with Crippen LogP contribution in [0.4, 0.5) is 5.13 Å². The highest BCUT2D eigenvalue weighted by molar-refractivity contribution is 7.91. The van der Waals surface area contributed by atoms with Crippen molar-refractivity contribution in [3.63, 3.8) is 0 Å². The van der Waals surface area contributed by atoms with Gasteiger partial charge in [0.2, 0.25) is 5.91 Å². The van der Waals surface area contributed by atoms with Crippen molar-refractivity contribution >= 4 is 65.6 Å². The van der Waals surface area contributed by atoms with Gasteiger partial charge in [-0.3, -0.25) is 9.69 Å². The zero-order chi connectivity index (χ0) is 23.8. The summed E-state index contributed by atoms with van der Waals surface area (Å²) >= 11 is 8.97. The first-order chi connectivity index (χ1) is 15.7. The molecule has 0 N–H and O–H groups in total. The highest BCUT2D eigenvalue weighted by atomic mass is 35.5. The number of anilines is 1. The fraction of sp³-hybridized carbons (Fsp3) is 0.455. The van der Waals surface area contributed by atoms with Gasteiger partial charge in [0.1, 0.15) is 10.3 Å². The number of carbonyl (C=O) groups is 1. The summed E-state index contributed by atoms with van der Waals surface area (Å²) in [6.45, 7) is 3.56. The maximum Gasteiger partial charge on any atom is 0.253 e. The molecule has 7 nitrogen and oxygen atoms in total. The number of thiophene rings is 1. The Balaban J connectivity index is 1.69. The number of benzene rings is 1. The molecule has 1 amide bonds. The molecule has 178 valence electrons. The molecule has 1 saturated heterocycles. The lowest BCUT2D eigenvalue weighted by Gasteiger charge is -2.28. The number of amides is 1. The van der Waals surface area contributed by atoms with Crippen molar-refractivity contribution in [1.29, 1.82) is 0 Å². The van der Waals surface area contributed by atoms with Gasteiger partial charge in [0.05, 0.1) is 15.2 Å². The largest absolute Gasteiger partial charge is 0.309 e. The first kappa shape index (κ1) is 24.6. The molecule has 0 spiro atoms. The number of sulfonamides is 1. The van der Waals surface area contributed by atoms with E-state index < -0.39 is 16.1 Å². The predicted molar refractivity (Wildman–Crippen MR) is 136 cm³/mol. The zero-order valence-corrected chi connectivity index (χ0v) is 22.0. The number of aromatic nitrogens is 1. The minimum Gasteiger partial charge on any atom is -0.309 e. The summed E-state index contributed by atoms with van der Waals surface area (Å²) in [6.07, 6.45) is 1.89. The molecule has 33 heavy (non-hydrogen) atoms. The minimum absolute atomic E-state index is 0.223. The van der Waals surface area contributed by atoms with Gasteiger partial charge >= 0.3 is 0 Å². The third kappa shape index (κ3) is 4.96. The summed E-state index contributed by atoms with van der Waals surface area (Å²) in [4.78, 5) is 22.3. The van der Waals surface area contributed by atoms with Crippen LogP contribution >= 0.6 is 34.3 Å². The van der Waals surface area contributed by atoms with E-state index in [2.05, 4.69) is 4.90 Å². The number of nitrogens with zero attached hydrogens (tertiary/aromatic N) is 4. The number of aryl methyl sites for hydroxylation is 1. The number of fused-ring (bicyclic) bond motifs is 1. The minimum atomic E-state index is -3.72. The molecule has 1 fully saturated rings. The smallest absolute Gasteiger partial charge is 0.253 e. The lowest BCUT2D eigenvalue weighted by Crippen LogP contribution is -2.48. The molecule has 2 aromatic heterocycles. The van der Waals surface area contributed by atoms with E-state index in [-0.39, 0.29) is 10.1 Å². The third-order valence-corrected chi connectivity index (χ3v) is 10.5. The topological polar surface area (TPSA) is 73.8 Å². The number of carbonyl (C=O) groups excluding carboxylic acids is 1. The highest BCUT2D eigenvalue weighted by Gasteiger charge is 2.42. The van der Waals surface area contributed by atoms with Crippen LogP contribution in [0.5, 0.6) is 0 Å². The Hall–Kier alpha value is -1.56. The summed E-state index contributed by atoms with van der Waals surface area (Å²) in [6, 6.07) is 6.32. The van der Waals surface area contributed by atoms with Crippen LogP contribution in [0.15, 0.2) is 33.9 Å². The molecule has 3 aromatic rings. The van der Waals surface area contributed by atoms with Gasteiger partial charge in [0, 0.05) is 13.1 Å². The van der Waals surface area contributed by atoms with Crippen molar-refractivity contribution in [1.82, 2.24) is 14.2 Å². The molecular weight excluding hydrogens is 500 g/mol. The van der Waals surface area contributed by atoms with Gasteiger partial charge in [-0.1, -0.05) is 35.1 Å². The average Bonchev–Trinajstić information content (AvgIpc) is 3.53. The second kappa shape index (κ2) is 9.97. The maximum absolute atomic E-state index is 13.8. The van der Waals surface area contributed by atoms with Crippen molar-refractivity contribution in [2.75, 3.05) is 38.6 Å². The van der Waals surface area contributed by atoms with Gasteiger partial charge in [-0.05, 0) is 69.9 Å². The van der Waals surface area contributed by atoms with E-state index in [0.29, 0.717) is 36.1 Å². The van der Waals surface area contributed by atoms with Gasteiger partial charge in [-0.15, -0.1) is 11.3 Å². The lowest BCUT2D eigenvalue weighted by atomic mass is 10.2. The van der Waals surface area contributed by atoms with Gasteiger partial charge in [0.15, 0.2) is 5.13 Å². The van der Waals surface area contributed by atoms with Crippen molar-refractivity contribution in [3.05, 3.63) is 40.2 Å². The van der Waals surface area contributed by atoms with E-state index >= 15 is 0 Å². The van der Waals surface area contributed by atoms with E-state index in [1.54, 1.807) is 22.4 Å². The van der Waals surface area contributed by atoms with Crippen LogP contribution in [0.3, 0.4) is 0 Å². The van der Waals surface area contributed by atoms with E-state index in [0.717, 1.165) is 28.7 Å². The average molecular weight is 527 g/mol. The van der Waals surface area contributed by atoms with E-state index in [1.165, 1.54) is 27.0 Å². The second-order valence-corrected chi connectivity index (χ2v) is 12.8. The SMILES string of the molecule is Cc1ccc(Cl)c2sc(N(CCCN(C)C)C(=O)C3CCCN3S(=O)(=O)c3cccs3)nc12. The summed E-state index contributed by atoms with van der Waals surface area (Å²) in [5.41, 5.74) is 1.77. The first-order valence-electron chi connectivity index (χ1n) is 10.8. The lowest BCUT2D eigenvalue weighted by molar-refractivity contribution is -0.121. The third-order valence-electron chi connectivity index (χ3n) is 5.72. The van der Waals surface area contributed by atoms with Gasteiger partial charge in [0.25, 0.3) is 10.0 Å². The summed E-state index contributed by atoms with van der Waals surface area (Å²) in [5, 5.41) is 2.90. The molecule has 0 radical (unpaired) electrons. The normalized spacial score (nSPS) is 17.3. The molecule has 0 bridgehead atoms. The van der Waals surface area contributed by atoms with Crippen LogP contribution in [0.1, 0.15) is 24.8 Å². The van der Waals surface area contributed by atoms with Crippen LogP contribution in [0.2, 0.25) is 5.02 Å². The molecule has 1 atom stereocenters. The monoisotopic (exact) mass is 526 g/mol. The fourth-order valence-electron chi connectivity index (χ4n) is 4.03. The molecule has 11 heteroatoms. The number of hydrogen-bond acceptors (Lipinski definition) is 7. The molecule has 1 unspecified atom stereocenters. The number of hydrogen-bond donors (Lipinski definition) is 0. The molecule has 1 aromatic carbocycles. The maximum atomic E-state index is 13.8. The number of thiazole rings is 1. The molecule has 1 aliphatic rings. The molecule has 0 saturated carbocycles. The van der Waals surface area contributed by atoms with E-state index in [1.807, 2.05) is 33.2 Å². The first-order valence-corrected chi connectivity index (χ1v) is 14.3. The van der Waals surface area contributed by atoms with Crippen LogP contribution < -0.4 is 4.90 Å². The van der Waals surface area contributed by atoms with E-state index in [4.69, 9.17) is 16.6 Å². The number of halogens is 1. The Bertz CT molecular complexity index is 1200. The predicted octanol–water partition coefficient (Wildman–Crippen LogP) is 4.46. The molecule has 4 rings (SSSR count). The van der Waals surface area contributed by atoms with Gasteiger partial charge < -0.3 is 4.90 Å². The van der Waals surface area contributed by atoms with Crippen molar-refractivity contribution < 1.29 is 13.2 Å². The Morgan fingerprint density at radius 2 is 2.06 bits per heavy atom. The van der Waals surface area contributed by atoms with Crippen LogP contribution in [-0.2, 0) is 14.8 Å². The van der Waals surface area contributed by atoms with E-state index in [9.17, 15) is 13.2 Å². The number of rotatable bonds is 8. The summed E-state index contributed by atoms with van der Waals surface area (Å²) in [7, 11) is 0.252. The standard InChI is InChI=1S/C22H27ClN4O3S3/c1-15-9-10-16(23)20-19(15)24-22(32-20)26(12-6-11-25(2)3)21(28)17-7-4-13-27(17)33(29,30)18-8-5-14-31-18/h5,8-10,14,17H,4,6-7,11-13H2,1-3H3. The van der Waals surface area contributed by atoms with Gasteiger partial charge in [-0.25, -0.2) is 13.4 Å². The Morgan fingerprint density at radius 1 is 1.27 bits per heavy atom. The van der Waals surface area contributed by atoms with Crippen molar-refractivity contribution in [3.8, 4) is 0 Å². The summed E-state index contributed by atoms with van der Waals surface area (Å²) < 4.78 is 28.9. The summed E-state index contributed by atoms with van der Waals surface area (Å²) in [5.74, 6) is -0.223. The highest BCUT2D eigenvalue weighted by Crippen LogP contribution is 2.37. The van der Waals surface area contributed by atoms with Crippen molar-refractivity contribution in [2.45, 2.75) is 36.4 Å². The van der Waals surface area contributed by atoms with Crippen LogP contribution in [-0.4, -0.2) is 68.3 Å². The quantitative estimate of drug-likeness (QED) is 0.433. The van der Waals surface area contributed by atoms with Crippen LogP contribution in [0, 0.1) is 6.92 Å².